The van der Waals surface area contributed by atoms with Crippen molar-refractivity contribution in [2.24, 2.45) is 0 Å². The van der Waals surface area contributed by atoms with Gasteiger partial charge in [0.05, 0.1) is 0 Å². The molecule has 0 bridgehead atoms. The van der Waals surface area contributed by atoms with Crippen molar-refractivity contribution >= 4 is 0 Å². The Bertz CT molecular complexity index is 66.9. The first-order valence-electron chi connectivity index (χ1n) is 4.36. The molecular formula is C10H23NZn. The van der Waals surface area contributed by atoms with E-state index in [-0.39, 0.29) is 26.9 Å². The van der Waals surface area contributed by atoms with Crippen LogP contribution in [-0.4, -0.2) is 24.5 Å². The molecule has 0 fully saturated rings. The van der Waals surface area contributed by atoms with E-state index in [1.54, 1.807) is 0 Å². The molecule has 0 saturated heterocycles. The molecule has 0 atom stereocenters. The molecule has 2 heteroatoms. The SMILES string of the molecule is [CH2-]CCCN(CC)CCC.[CH3-].[Zn+2]. The van der Waals surface area contributed by atoms with Gasteiger partial charge in [0.25, 0.3) is 0 Å². The average molecular weight is 223 g/mol. The standard InChI is InChI=1S/C9H20N.CH3.Zn/c1-4-7-9-10(6-3)8-5-2;;/h1,4-9H2,2-3H3;1H3;/q2*-1;+2. The molecule has 70 valence electrons. The third-order valence-corrected chi connectivity index (χ3v) is 1.71. The average Bonchev–Trinajstić information content (AvgIpc) is 1.98. The first kappa shape index (κ1) is 18.4. The Morgan fingerprint density at radius 2 is 1.75 bits per heavy atom. The maximum Gasteiger partial charge on any atom is 2.00 e. The van der Waals surface area contributed by atoms with Gasteiger partial charge in [-0.1, -0.05) is 20.3 Å². The molecule has 0 aliphatic rings. The van der Waals surface area contributed by atoms with Gasteiger partial charge in [0.1, 0.15) is 0 Å². The largest absolute Gasteiger partial charge is 2.00 e. The summed E-state index contributed by atoms with van der Waals surface area (Å²) in [5.74, 6) is 0. The molecule has 0 aliphatic carbocycles. The maximum absolute atomic E-state index is 3.83. The van der Waals surface area contributed by atoms with Gasteiger partial charge in [0.2, 0.25) is 0 Å². The van der Waals surface area contributed by atoms with Gasteiger partial charge in [-0.3, -0.25) is 0 Å². The van der Waals surface area contributed by atoms with Crippen molar-refractivity contribution in [1.82, 2.24) is 4.90 Å². The van der Waals surface area contributed by atoms with Crippen molar-refractivity contribution in [1.29, 1.82) is 0 Å². The van der Waals surface area contributed by atoms with E-state index in [0.29, 0.717) is 0 Å². The minimum atomic E-state index is 0. The van der Waals surface area contributed by atoms with E-state index in [0.717, 1.165) is 6.42 Å². The van der Waals surface area contributed by atoms with Crippen LogP contribution < -0.4 is 0 Å². The minimum Gasteiger partial charge on any atom is -0.358 e. The molecule has 0 N–H and O–H groups in total. The fraction of sp³-hybridized carbons (Fsp3) is 0.800. The van der Waals surface area contributed by atoms with Crippen LogP contribution in [0.25, 0.3) is 0 Å². The van der Waals surface area contributed by atoms with Crippen LogP contribution in [0.1, 0.15) is 33.1 Å². The van der Waals surface area contributed by atoms with Crippen molar-refractivity contribution < 1.29 is 19.5 Å². The Balaban J connectivity index is -0.000000405. The number of rotatable bonds is 6. The van der Waals surface area contributed by atoms with Crippen LogP contribution in [0.3, 0.4) is 0 Å². The molecule has 0 heterocycles. The zero-order valence-electron chi connectivity index (χ0n) is 9.10. The minimum absolute atomic E-state index is 0. The smallest absolute Gasteiger partial charge is 0.358 e. The molecular weight excluding hydrogens is 200 g/mol. The molecule has 0 aromatic carbocycles. The predicted molar refractivity (Wildman–Crippen MR) is 53.4 cm³/mol. The second-order valence-corrected chi connectivity index (χ2v) is 2.64. The third-order valence-electron chi connectivity index (χ3n) is 1.71. The molecule has 0 aromatic rings. The Kier molecular flexibility index (Phi) is 21.6. The van der Waals surface area contributed by atoms with Gasteiger partial charge in [-0.25, -0.2) is 0 Å². The summed E-state index contributed by atoms with van der Waals surface area (Å²) in [6, 6.07) is 0. The Labute approximate surface area is 91.7 Å². The molecule has 0 radical (unpaired) electrons. The van der Waals surface area contributed by atoms with E-state index in [4.69, 9.17) is 0 Å². The number of unbranched alkanes of at least 4 members (excludes halogenated alkanes) is 1. The predicted octanol–water partition coefficient (Wildman–Crippen LogP) is 2.78. The molecule has 0 aliphatic heterocycles. The molecule has 0 rings (SSSR count). The van der Waals surface area contributed by atoms with E-state index in [1.165, 1.54) is 32.5 Å². The van der Waals surface area contributed by atoms with E-state index < -0.39 is 0 Å². The summed E-state index contributed by atoms with van der Waals surface area (Å²) in [5, 5.41) is 0. The van der Waals surface area contributed by atoms with Gasteiger partial charge in [-0.05, 0) is 26.1 Å². The fourth-order valence-corrected chi connectivity index (χ4v) is 1.08. The molecule has 0 unspecified atom stereocenters. The van der Waals surface area contributed by atoms with Gasteiger partial charge in [0.15, 0.2) is 0 Å². The summed E-state index contributed by atoms with van der Waals surface area (Å²) in [7, 11) is 0. The summed E-state index contributed by atoms with van der Waals surface area (Å²) in [5.41, 5.74) is 0. The van der Waals surface area contributed by atoms with Gasteiger partial charge in [-0.2, -0.15) is 6.42 Å². The van der Waals surface area contributed by atoms with Crippen molar-refractivity contribution in [3.8, 4) is 0 Å². The van der Waals surface area contributed by atoms with Crippen LogP contribution in [0.15, 0.2) is 0 Å². The van der Waals surface area contributed by atoms with Crippen molar-refractivity contribution in [3.05, 3.63) is 14.4 Å². The summed E-state index contributed by atoms with van der Waals surface area (Å²) in [6.07, 6.45) is 3.58. The van der Waals surface area contributed by atoms with Crippen LogP contribution in [-0.2, 0) is 19.5 Å². The van der Waals surface area contributed by atoms with E-state index in [9.17, 15) is 0 Å². The van der Waals surface area contributed by atoms with Gasteiger partial charge < -0.3 is 19.3 Å². The zero-order valence-corrected chi connectivity index (χ0v) is 12.1. The summed E-state index contributed by atoms with van der Waals surface area (Å²) in [6.45, 7) is 11.9. The maximum atomic E-state index is 3.83. The molecule has 0 aromatic heterocycles. The summed E-state index contributed by atoms with van der Waals surface area (Å²) >= 11 is 0. The molecule has 1 nitrogen and oxygen atoms in total. The van der Waals surface area contributed by atoms with Crippen molar-refractivity contribution in [3.63, 3.8) is 0 Å². The summed E-state index contributed by atoms with van der Waals surface area (Å²) < 4.78 is 0. The number of hydrogen-bond acceptors (Lipinski definition) is 1. The van der Waals surface area contributed by atoms with Crippen molar-refractivity contribution in [2.45, 2.75) is 33.1 Å². The van der Waals surface area contributed by atoms with Crippen LogP contribution in [0, 0.1) is 14.4 Å². The normalized spacial score (nSPS) is 9.00. The topological polar surface area (TPSA) is 3.24 Å². The molecule has 0 saturated carbocycles. The molecule has 12 heavy (non-hydrogen) atoms. The monoisotopic (exact) mass is 221 g/mol. The molecule has 0 amide bonds. The second-order valence-electron chi connectivity index (χ2n) is 2.64. The third kappa shape index (κ3) is 10.6. The van der Waals surface area contributed by atoms with Crippen LogP contribution in [0.5, 0.6) is 0 Å². The van der Waals surface area contributed by atoms with Gasteiger partial charge in [0, 0.05) is 0 Å². The second kappa shape index (κ2) is 14.1. The fourth-order valence-electron chi connectivity index (χ4n) is 1.08. The van der Waals surface area contributed by atoms with E-state index in [1.807, 2.05) is 0 Å². The molecule has 0 spiro atoms. The van der Waals surface area contributed by atoms with Crippen LogP contribution in [0.2, 0.25) is 0 Å². The summed E-state index contributed by atoms with van der Waals surface area (Å²) in [4.78, 5) is 2.48. The van der Waals surface area contributed by atoms with E-state index in [2.05, 4.69) is 25.7 Å². The quantitative estimate of drug-likeness (QED) is 0.494. The Morgan fingerprint density at radius 3 is 2.08 bits per heavy atom. The van der Waals surface area contributed by atoms with Gasteiger partial charge >= 0.3 is 19.5 Å². The van der Waals surface area contributed by atoms with E-state index >= 15 is 0 Å². The van der Waals surface area contributed by atoms with Crippen LogP contribution >= 0.6 is 0 Å². The first-order chi connectivity index (χ1) is 4.85. The zero-order chi connectivity index (χ0) is 7.82. The van der Waals surface area contributed by atoms with Gasteiger partial charge in [-0.15, -0.1) is 0 Å². The van der Waals surface area contributed by atoms with Crippen molar-refractivity contribution in [2.75, 3.05) is 19.6 Å². The number of hydrogen-bond donors (Lipinski definition) is 0. The first-order valence-corrected chi connectivity index (χ1v) is 4.36. The Hall–Kier alpha value is 0.583. The van der Waals surface area contributed by atoms with Crippen LogP contribution in [0.4, 0.5) is 0 Å². The number of nitrogens with zero attached hydrogens (tertiary/aromatic N) is 1. The Morgan fingerprint density at radius 1 is 1.17 bits per heavy atom.